The van der Waals surface area contributed by atoms with Gasteiger partial charge in [-0.3, -0.25) is 9.59 Å². The van der Waals surface area contributed by atoms with Crippen molar-refractivity contribution in [2.45, 2.75) is 19.8 Å². The molecule has 1 aliphatic rings. The van der Waals surface area contributed by atoms with Crippen LogP contribution in [0.2, 0.25) is 0 Å². The van der Waals surface area contributed by atoms with Gasteiger partial charge in [0, 0.05) is 44.2 Å². The zero-order valence-corrected chi connectivity index (χ0v) is 18.7. The lowest BCUT2D eigenvalue weighted by molar-refractivity contribution is -0.120. The first-order chi connectivity index (χ1) is 16.0. The van der Waals surface area contributed by atoms with Gasteiger partial charge in [0.15, 0.2) is 0 Å². The molecule has 1 fully saturated rings. The third kappa shape index (κ3) is 4.11. The number of carbonyl (C=O) groups excluding carboxylic acids is 1. The molecule has 1 aliphatic heterocycles. The van der Waals surface area contributed by atoms with Gasteiger partial charge in [-0.25, -0.2) is 9.67 Å². The molecule has 0 aliphatic carbocycles. The van der Waals surface area contributed by atoms with E-state index < -0.39 is 0 Å². The molecule has 0 saturated carbocycles. The fraction of sp³-hybridized carbons (Fsp3) is 0.280. The number of aromatic nitrogens is 4. The van der Waals surface area contributed by atoms with Gasteiger partial charge in [0.1, 0.15) is 11.5 Å². The number of rotatable bonds is 4. The van der Waals surface area contributed by atoms with Crippen LogP contribution in [-0.4, -0.2) is 38.2 Å². The van der Waals surface area contributed by atoms with Crippen LogP contribution >= 0.6 is 0 Å². The average Bonchev–Trinajstić information content (AvgIpc) is 3.27. The van der Waals surface area contributed by atoms with E-state index in [0.29, 0.717) is 6.54 Å². The zero-order chi connectivity index (χ0) is 22.9. The molecule has 8 nitrogen and oxygen atoms in total. The minimum absolute atomic E-state index is 0.0167. The fourth-order valence-electron chi connectivity index (χ4n) is 4.39. The van der Waals surface area contributed by atoms with E-state index >= 15 is 0 Å². The van der Waals surface area contributed by atoms with Crippen molar-refractivity contribution in [2.75, 3.05) is 23.3 Å². The van der Waals surface area contributed by atoms with Crippen LogP contribution in [0.5, 0.6) is 0 Å². The molecule has 1 unspecified atom stereocenters. The number of amides is 1. The Hall–Kier alpha value is -3.94. The van der Waals surface area contributed by atoms with Crippen LogP contribution in [-0.2, 0) is 11.8 Å². The molecule has 1 aromatic carbocycles. The molecule has 4 heterocycles. The Labute approximate surface area is 191 Å². The van der Waals surface area contributed by atoms with Crippen LogP contribution in [0.1, 0.15) is 18.4 Å². The number of benzene rings is 1. The number of piperidine rings is 1. The summed E-state index contributed by atoms with van der Waals surface area (Å²) in [5, 5.41) is 7.48. The summed E-state index contributed by atoms with van der Waals surface area (Å²) in [7, 11) is 1.64. The van der Waals surface area contributed by atoms with Crippen molar-refractivity contribution < 1.29 is 4.79 Å². The van der Waals surface area contributed by atoms with Crippen molar-refractivity contribution in [1.29, 1.82) is 0 Å². The van der Waals surface area contributed by atoms with E-state index in [0.717, 1.165) is 53.4 Å². The van der Waals surface area contributed by atoms with Crippen LogP contribution in [0, 0.1) is 12.8 Å². The van der Waals surface area contributed by atoms with Crippen molar-refractivity contribution in [3.63, 3.8) is 0 Å². The highest BCUT2D eigenvalue weighted by Gasteiger charge is 2.27. The molecule has 33 heavy (non-hydrogen) atoms. The molecule has 1 N–H and O–H groups in total. The molecule has 8 heteroatoms. The van der Waals surface area contributed by atoms with Crippen molar-refractivity contribution in [1.82, 2.24) is 19.2 Å². The van der Waals surface area contributed by atoms with E-state index in [1.807, 2.05) is 60.1 Å². The molecule has 168 valence electrons. The lowest BCUT2D eigenvalue weighted by Crippen LogP contribution is -2.41. The Balaban J connectivity index is 1.37. The van der Waals surface area contributed by atoms with Crippen LogP contribution in [0.3, 0.4) is 0 Å². The maximum Gasteiger partial charge on any atom is 0.266 e. The number of anilines is 2. The van der Waals surface area contributed by atoms with Gasteiger partial charge >= 0.3 is 0 Å². The molecular weight excluding hydrogens is 416 g/mol. The summed E-state index contributed by atoms with van der Waals surface area (Å²) < 4.78 is 3.33. The minimum Gasteiger partial charge on any atom is -0.354 e. The molecule has 0 radical (unpaired) electrons. The average molecular weight is 443 g/mol. The lowest BCUT2D eigenvalue weighted by atomic mass is 9.96. The largest absolute Gasteiger partial charge is 0.354 e. The molecular formula is C25H26N6O2. The van der Waals surface area contributed by atoms with E-state index in [1.165, 1.54) is 10.7 Å². The number of pyridine rings is 1. The number of hydrogen-bond acceptors (Lipinski definition) is 5. The standard InChI is InChI=1S/C25H26N6O2/c1-17-7-5-14-31-16-21(26-24(17)31)19-9-3-4-10-20(19)27-25(33)18-8-6-13-30(15-18)22-11-12-23(32)29(2)28-22/h3-5,7,9-12,14,16,18H,6,8,13,15H2,1-2H3,(H,27,33). The Bertz CT molecular complexity index is 1390. The van der Waals surface area contributed by atoms with Gasteiger partial charge in [-0.15, -0.1) is 0 Å². The number of nitrogens with one attached hydrogen (secondary N) is 1. The summed E-state index contributed by atoms with van der Waals surface area (Å²) in [6.45, 7) is 3.41. The Morgan fingerprint density at radius 1 is 1.12 bits per heavy atom. The summed E-state index contributed by atoms with van der Waals surface area (Å²) >= 11 is 0. The van der Waals surface area contributed by atoms with Gasteiger partial charge in [-0.1, -0.05) is 24.3 Å². The second-order valence-electron chi connectivity index (χ2n) is 8.52. The van der Waals surface area contributed by atoms with E-state index in [1.54, 1.807) is 13.1 Å². The molecule has 1 atom stereocenters. The molecule has 1 saturated heterocycles. The number of nitrogens with zero attached hydrogens (tertiary/aromatic N) is 5. The topological polar surface area (TPSA) is 84.5 Å². The maximum atomic E-state index is 13.2. The van der Waals surface area contributed by atoms with Crippen molar-refractivity contribution in [3.8, 4) is 11.3 Å². The van der Waals surface area contributed by atoms with Crippen molar-refractivity contribution in [2.24, 2.45) is 13.0 Å². The van der Waals surface area contributed by atoms with E-state index in [-0.39, 0.29) is 17.4 Å². The molecule has 4 aromatic rings. The summed E-state index contributed by atoms with van der Waals surface area (Å²) in [6.07, 6.45) is 5.66. The van der Waals surface area contributed by atoms with Crippen LogP contribution in [0.15, 0.2) is 65.7 Å². The normalized spacial score (nSPS) is 16.2. The predicted octanol–water partition coefficient (Wildman–Crippen LogP) is 3.26. The van der Waals surface area contributed by atoms with Gasteiger partial charge in [0.2, 0.25) is 5.91 Å². The van der Waals surface area contributed by atoms with Gasteiger partial charge in [-0.2, -0.15) is 5.10 Å². The fourth-order valence-corrected chi connectivity index (χ4v) is 4.39. The number of imidazole rings is 1. The van der Waals surface area contributed by atoms with Crippen LogP contribution in [0.25, 0.3) is 16.9 Å². The minimum atomic E-state index is -0.172. The first-order valence-electron chi connectivity index (χ1n) is 11.1. The second kappa shape index (κ2) is 8.54. The first-order valence-corrected chi connectivity index (χ1v) is 11.1. The summed E-state index contributed by atoms with van der Waals surface area (Å²) in [5.41, 5.74) is 4.31. The highest BCUT2D eigenvalue weighted by atomic mass is 16.2. The molecule has 5 rings (SSSR count). The molecule has 0 bridgehead atoms. The Kier molecular flexibility index (Phi) is 5.42. The number of carbonyl (C=O) groups is 1. The highest BCUT2D eigenvalue weighted by Crippen LogP contribution is 2.29. The zero-order valence-electron chi connectivity index (χ0n) is 18.7. The SMILES string of the molecule is Cc1cccn2cc(-c3ccccc3NC(=O)C3CCCN(c4ccc(=O)n(C)n4)C3)nc12. The van der Waals surface area contributed by atoms with E-state index in [2.05, 4.69) is 15.3 Å². The third-order valence-electron chi connectivity index (χ3n) is 6.20. The first kappa shape index (κ1) is 20.9. The molecule has 1 amide bonds. The lowest BCUT2D eigenvalue weighted by Gasteiger charge is -2.32. The number of hydrogen-bond donors (Lipinski definition) is 1. The third-order valence-corrected chi connectivity index (χ3v) is 6.20. The van der Waals surface area contributed by atoms with Crippen molar-refractivity contribution >= 4 is 23.1 Å². The summed E-state index contributed by atoms with van der Waals surface area (Å²) in [4.78, 5) is 31.8. The maximum absolute atomic E-state index is 13.2. The Morgan fingerprint density at radius 3 is 2.79 bits per heavy atom. The monoisotopic (exact) mass is 442 g/mol. The van der Waals surface area contributed by atoms with Crippen molar-refractivity contribution in [3.05, 3.63) is 76.8 Å². The second-order valence-corrected chi connectivity index (χ2v) is 8.52. The van der Waals surface area contributed by atoms with E-state index in [9.17, 15) is 9.59 Å². The van der Waals surface area contributed by atoms with E-state index in [4.69, 9.17) is 4.98 Å². The number of aryl methyl sites for hydroxylation is 2. The van der Waals surface area contributed by atoms with Gasteiger partial charge in [0.05, 0.1) is 17.3 Å². The smallest absolute Gasteiger partial charge is 0.266 e. The van der Waals surface area contributed by atoms with Gasteiger partial charge in [-0.05, 0) is 43.5 Å². The van der Waals surface area contributed by atoms with Crippen LogP contribution in [0.4, 0.5) is 11.5 Å². The van der Waals surface area contributed by atoms with Crippen LogP contribution < -0.4 is 15.8 Å². The molecule has 3 aromatic heterocycles. The predicted molar refractivity (Wildman–Crippen MR) is 128 cm³/mol. The number of para-hydroxylation sites is 1. The molecule has 0 spiro atoms. The quantitative estimate of drug-likeness (QED) is 0.524. The highest BCUT2D eigenvalue weighted by molar-refractivity contribution is 5.97. The summed E-state index contributed by atoms with van der Waals surface area (Å²) in [5.74, 6) is 0.529. The Morgan fingerprint density at radius 2 is 1.97 bits per heavy atom. The van der Waals surface area contributed by atoms with Gasteiger partial charge in [0.25, 0.3) is 5.56 Å². The van der Waals surface area contributed by atoms with Gasteiger partial charge < -0.3 is 14.6 Å². The number of fused-ring (bicyclic) bond motifs is 1. The summed E-state index contributed by atoms with van der Waals surface area (Å²) in [6, 6.07) is 15.0.